The highest BCUT2D eigenvalue weighted by molar-refractivity contribution is 5.92. The number of carbonyl (C=O) groups is 1. The normalized spacial score (nSPS) is 10.7. The topological polar surface area (TPSA) is 64.4 Å². The molecule has 0 unspecified atom stereocenters. The lowest BCUT2D eigenvalue weighted by atomic mass is 10.1. The number of carbonyl (C=O) groups excluding carboxylic acids is 1. The van der Waals surface area contributed by atoms with Gasteiger partial charge in [-0.3, -0.25) is 4.79 Å². The Morgan fingerprint density at radius 3 is 3.00 bits per heavy atom. The van der Waals surface area contributed by atoms with Gasteiger partial charge in [0, 0.05) is 13.7 Å². The van der Waals surface area contributed by atoms with Crippen molar-refractivity contribution in [1.82, 2.24) is 10.3 Å². The zero-order chi connectivity index (χ0) is 11.3. The van der Waals surface area contributed by atoms with Crippen molar-refractivity contribution in [2.45, 2.75) is 19.8 Å². The quantitative estimate of drug-likeness (QED) is 0.744. The van der Waals surface area contributed by atoms with E-state index in [1.165, 1.54) is 6.39 Å². The molecular weight excluding hydrogens is 196 g/mol. The molecule has 0 atom stereocenters. The number of nitrogens with zero attached hydrogens (tertiary/aromatic N) is 1. The van der Waals surface area contributed by atoms with E-state index in [0.717, 1.165) is 0 Å². The largest absolute Gasteiger partial charge is 0.438 e. The van der Waals surface area contributed by atoms with Crippen molar-refractivity contribution in [1.29, 1.82) is 0 Å². The molecule has 84 valence electrons. The number of nitrogens with one attached hydrogen (secondary N) is 1. The second kappa shape index (κ2) is 5.50. The van der Waals surface area contributed by atoms with Gasteiger partial charge in [0.05, 0.1) is 12.3 Å². The van der Waals surface area contributed by atoms with Crippen molar-refractivity contribution < 1.29 is 13.9 Å². The molecule has 15 heavy (non-hydrogen) atoms. The highest BCUT2D eigenvalue weighted by Crippen LogP contribution is 2.16. The minimum Gasteiger partial charge on any atom is -0.438 e. The Bertz CT molecular complexity index is 320. The summed E-state index contributed by atoms with van der Waals surface area (Å²) in [6.45, 7) is 4.87. The lowest BCUT2D eigenvalue weighted by Gasteiger charge is -2.04. The van der Waals surface area contributed by atoms with Crippen LogP contribution in [0.4, 0.5) is 0 Å². The predicted molar refractivity (Wildman–Crippen MR) is 54.8 cm³/mol. The summed E-state index contributed by atoms with van der Waals surface area (Å²) in [5.41, 5.74) is 0.685. The molecule has 1 rings (SSSR count). The third-order valence-corrected chi connectivity index (χ3v) is 1.94. The molecular formula is C10H16N2O3. The van der Waals surface area contributed by atoms with Crippen molar-refractivity contribution >= 4 is 5.91 Å². The maximum Gasteiger partial charge on any atom is 0.289 e. The Morgan fingerprint density at radius 2 is 2.40 bits per heavy atom. The smallest absolute Gasteiger partial charge is 0.289 e. The fourth-order valence-corrected chi connectivity index (χ4v) is 1.18. The molecule has 5 nitrogen and oxygen atoms in total. The van der Waals surface area contributed by atoms with Gasteiger partial charge in [0.2, 0.25) is 5.76 Å². The average molecular weight is 212 g/mol. The van der Waals surface area contributed by atoms with Crippen LogP contribution < -0.4 is 5.32 Å². The van der Waals surface area contributed by atoms with E-state index >= 15 is 0 Å². The monoisotopic (exact) mass is 212 g/mol. The van der Waals surface area contributed by atoms with Crippen molar-refractivity contribution in [3.8, 4) is 0 Å². The van der Waals surface area contributed by atoms with E-state index in [-0.39, 0.29) is 11.8 Å². The van der Waals surface area contributed by atoms with E-state index in [4.69, 9.17) is 9.15 Å². The van der Waals surface area contributed by atoms with Crippen molar-refractivity contribution in [3.05, 3.63) is 17.8 Å². The van der Waals surface area contributed by atoms with Gasteiger partial charge in [-0.25, -0.2) is 4.98 Å². The van der Waals surface area contributed by atoms with Crippen molar-refractivity contribution in [2.24, 2.45) is 0 Å². The zero-order valence-electron chi connectivity index (χ0n) is 9.24. The predicted octanol–water partition coefficient (Wildman–Crippen LogP) is 1.17. The third-order valence-electron chi connectivity index (χ3n) is 1.94. The average Bonchev–Trinajstić information content (AvgIpc) is 2.66. The molecule has 0 aliphatic heterocycles. The zero-order valence-corrected chi connectivity index (χ0v) is 9.24. The number of rotatable bonds is 5. The summed E-state index contributed by atoms with van der Waals surface area (Å²) in [4.78, 5) is 15.6. The van der Waals surface area contributed by atoms with Crippen LogP contribution in [0.5, 0.6) is 0 Å². The van der Waals surface area contributed by atoms with Gasteiger partial charge in [0.15, 0.2) is 6.39 Å². The second-order valence-electron chi connectivity index (χ2n) is 3.47. The summed E-state index contributed by atoms with van der Waals surface area (Å²) >= 11 is 0. The van der Waals surface area contributed by atoms with Crippen LogP contribution >= 0.6 is 0 Å². The molecule has 0 aliphatic carbocycles. The Balaban J connectivity index is 2.61. The van der Waals surface area contributed by atoms with Gasteiger partial charge in [-0.2, -0.15) is 0 Å². The van der Waals surface area contributed by atoms with Gasteiger partial charge in [-0.05, 0) is 5.92 Å². The Labute approximate surface area is 88.8 Å². The first kappa shape index (κ1) is 11.7. The van der Waals surface area contributed by atoms with Crippen molar-refractivity contribution in [2.75, 3.05) is 20.3 Å². The van der Waals surface area contributed by atoms with Gasteiger partial charge in [0.25, 0.3) is 5.91 Å². The molecule has 0 radical (unpaired) electrons. The Kier molecular flexibility index (Phi) is 4.30. The number of ether oxygens (including phenoxy) is 1. The number of methoxy groups -OCH3 is 1. The van der Waals surface area contributed by atoms with Gasteiger partial charge in [0.1, 0.15) is 0 Å². The van der Waals surface area contributed by atoms with Crippen molar-refractivity contribution in [3.63, 3.8) is 0 Å². The molecule has 0 aliphatic rings. The van der Waals surface area contributed by atoms with E-state index in [0.29, 0.717) is 24.6 Å². The molecule has 1 aromatic rings. The van der Waals surface area contributed by atoms with Crippen LogP contribution in [-0.4, -0.2) is 31.2 Å². The maximum atomic E-state index is 11.6. The molecule has 0 saturated heterocycles. The van der Waals surface area contributed by atoms with Crippen LogP contribution in [0, 0.1) is 0 Å². The lowest BCUT2D eigenvalue weighted by Crippen LogP contribution is -2.27. The van der Waals surface area contributed by atoms with Gasteiger partial charge in [-0.1, -0.05) is 13.8 Å². The van der Waals surface area contributed by atoms with Gasteiger partial charge in [-0.15, -0.1) is 0 Å². The molecule has 1 amide bonds. The van der Waals surface area contributed by atoms with E-state index < -0.39 is 0 Å². The fourth-order valence-electron chi connectivity index (χ4n) is 1.18. The molecule has 0 saturated carbocycles. The Morgan fingerprint density at radius 1 is 1.67 bits per heavy atom. The van der Waals surface area contributed by atoms with Crippen LogP contribution in [0.2, 0.25) is 0 Å². The standard InChI is InChI=1S/C10H16N2O3/c1-7(2)8-9(15-6-12-8)10(13)11-4-5-14-3/h6-7H,4-5H2,1-3H3,(H,11,13). The van der Waals surface area contributed by atoms with Crippen LogP contribution in [0.1, 0.15) is 36.0 Å². The van der Waals surface area contributed by atoms with E-state index in [1.807, 2.05) is 13.8 Å². The van der Waals surface area contributed by atoms with Gasteiger partial charge >= 0.3 is 0 Å². The fraction of sp³-hybridized carbons (Fsp3) is 0.600. The molecule has 0 aromatic carbocycles. The molecule has 0 spiro atoms. The Hall–Kier alpha value is -1.36. The number of oxazole rings is 1. The molecule has 5 heteroatoms. The summed E-state index contributed by atoms with van der Waals surface area (Å²) in [5, 5.41) is 2.68. The molecule has 0 bridgehead atoms. The number of hydrogen-bond acceptors (Lipinski definition) is 4. The molecule has 1 N–H and O–H groups in total. The van der Waals surface area contributed by atoms with Crippen LogP contribution in [0.25, 0.3) is 0 Å². The highest BCUT2D eigenvalue weighted by atomic mass is 16.5. The first-order chi connectivity index (χ1) is 7.16. The van der Waals surface area contributed by atoms with E-state index in [9.17, 15) is 4.79 Å². The molecule has 0 fully saturated rings. The lowest BCUT2D eigenvalue weighted by molar-refractivity contribution is 0.0907. The van der Waals surface area contributed by atoms with Crippen LogP contribution in [0.15, 0.2) is 10.8 Å². The minimum absolute atomic E-state index is 0.173. The molecule has 1 aromatic heterocycles. The molecule has 1 heterocycles. The van der Waals surface area contributed by atoms with Crippen LogP contribution in [-0.2, 0) is 4.74 Å². The SMILES string of the molecule is COCCNC(=O)c1ocnc1C(C)C. The summed E-state index contributed by atoms with van der Waals surface area (Å²) in [6, 6.07) is 0. The number of amides is 1. The first-order valence-electron chi connectivity index (χ1n) is 4.87. The number of hydrogen-bond donors (Lipinski definition) is 1. The summed E-state index contributed by atoms with van der Waals surface area (Å²) in [5.74, 6) is 0.223. The third kappa shape index (κ3) is 3.06. The number of aromatic nitrogens is 1. The highest BCUT2D eigenvalue weighted by Gasteiger charge is 2.18. The van der Waals surface area contributed by atoms with E-state index in [2.05, 4.69) is 10.3 Å². The van der Waals surface area contributed by atoms with Crippen LogP contribution in [0.3, 0.4) is 0 Å². The maximum absolute atomic E-state index is 11.6. The summed E-state index contributed by atoms with van der Waals surface area (Å²) in [7, 11) is 1.58. The summed E-state index contributed by atoms with van der Waals surface area (Å²) < 4.78 is 9.88. The van der Waals surface area contributed by atoms with Gasteiger partial charge < -0.3 is 14.5 Å². The second-order valence-corrected chi connectivity index (χ2v) is 3.47. The summed E-state index contributed by atoms with van der Waals surface area (Å²) in [6.07, 6.45) is 1.29. The first-order valence-corrected chi connectivity index (χ1v) is 4.87. The minimum atomic E-state index is -0.242. The van der Waals surface area contributed by atoms with E-state index in [1.54, 1.807) is 7.11 Å².